The van der Waals surface area contributed by atoms with Crippen molar-refractivity contribution in [3.05, 3.63) is 59.4 Å². The van der Waals surface area contributed by atoms with E-state index in [1.807, 2.05) is 38.5 Å². The quantitative estimate of drug-likeness (QED) is 0.518. The van der Waals surface area contributed by atoms with E-state index in [0.717, 1.165) is 18.1 Å². The molecule has 0 aliphatic heterocycles. The monoisotopic (exact) mass is 328 g/mol. The van der Waals surface area contributed by atoms with Crippen LogP contribution in [-0.4, -0.2) is 42.6 Å². The fraction of sp³-hybridized carbons (Fsp3) is 0.333. The first-order valence-electron chi connectivity index (χ1n) is 7.74. The second-order valence-corrected chi connectivity index (χ2v) is 5.56. The summed E-state index contributed by atoms with van der Waals surface area (Å²) in [5, 5.41) is 3.33. The first-order chi connectivity index (χ1) is 11.5. The maximum absolute atomic E-state index is 11.4. The molecule has 1 heterocycles. The number of rotatable bonds is 5. The van der Waals surface area contributed by atoms with E-state index in [-0.39, 0.29) is 5.97 Å². The normalized spacial score (nSPS) is 11.2. The van der Waals surface area contributed by atoms with Gasteiger partial charge in [0.05, 0.1) is 19.2 Å². The van der Waals surface area contributed by atoms with Gasteiger partial charge < -0.3 is 19.5 Å². The van der Waals surface area contributed by atoms with Crippen molar-refractivity contribution >= 4 is 11.9 Å². The number of ether oxygens (including phenoxy) is 1. The summed E-state index contributed by atoms with van der Waals surface area (Å²) in [5.41, 5.74) is 2.82. The number of aliphatic imine (C=N–C) groups is 1. The highest BCUT2D eigenvalue weighted by Crippen LogP contribution is 2.07. The second kappa shape index (κ2) is 8.19. The zero-order valence-corrected chi connectivity index (χ0v) is 14.6. The minimum Gasteiger partial charge on any atom is -0.465 e. The van der Waals surface area contributed by atoms with Gasteiger partial charge in [-0.1, -0.05) is 12.1 Å². The number of aryl methyl sites for hydroxylation is 1. The Morgan fingerprint density at radius 1 is 1.29 bits per heavy atom. The Bertz CT molecular complexity index is 704. The van der Waals surface area contributed by atoms with Crippen LogP contribution in [0.3, 0.4) is 0 Å². The Morgan fingerprint density at radius 2 is 2.00 bits per heavy atom. The van der Waals surface area contributed by atoms with E-state index >= 15 is 0 Å². The minimum absolute atomic E-state index is 0.326. The van der Waals surface area contributed by atoms with Crippen molar-refractivity contribution in [2.24, 2.45) is 12.0 Å². The molecule has 1 N–H and O–H groups in total. The number of aromatic nitrogens is 1. The van der Waals surface area contributed by atoms with Crippen LogP contribution >= 0.6 is 0 Å². The summed E-state index contributed by atoms with van der Waals surface area (Å²) in [6.45, 7) is 1.40. The molecule has 0 saturated heterocycles. The number of nitrogens with zero attached hydrogens (tertiary/aromatic N) is 3. The van der Waals surface area contributed by atoms with Crippen LogP contribution in [0.5, 0.6) is 0 Å². The van der Waals surface area contributed by atoms with Gasteiger partial charge in [-0.3, -0.25) is 4.99 Å². The van der Waals surface area contributed by atoms with Gasteiger partial charge >= 0.3 is 5.97 Å². The highest BCUT2D eigenvalue weighted by atomic mass is 16.5. The predicted molar refractivity (Wildman–Crippen MR) is 94.9 cm³/mol. The summed E-state index contributed by atoms with van der Waals surface area (Å²) in [6.07, 6.45) is 2.03. The van der Waals surface area contributed by atoms with Crippen LogP contribution in [0, 0.1) is 0 Å². The van der Waals surface area contributed by atoms with Crippen LogP contribution in [0.15, 0.2) is 47.6 Å². The van der Waals surface area contributed by atoms with E-state index < -0.39 is 0 Å². The molecule has 0 aliphatic rings. The van der Waals surface area contributed by atoms with Crippen molar-refractivity contribution in [1.29, 1.82) is 0 Å². The van der Waals surface area contributed by atoms with Crippen molar-refractivity contribution in [2.75, 3.05) is 21.2 Å². The fourth-order valence-electron chi connectivity index (χ4n) is 2.42. The van der Waals surface area contributed by atoms with Crippen molar-refractivity contribution in [3.8, 4) is 0 Å². The molecule has 0 radical (unpaired) electrons. The van der Waals surface area contributed by atoms with Gasteiger partial charge in [-0.15, -0.1) is 0 Å². The number of benzene rings is 1. The SMILES string of the molecule is CN=C(NCc1ccc(C(=O)OC)cc1)N(C)Cc1cccn1C. The molecular weight excluding hydrogens is 304 g/mol. The number of hydrogen-bond donors (Lipinski definition) is 1. The zero-order chi connectivity index (χ0) is 17.5. The Morgan fingerprint density at radius 3 is 2.54 bits per heavy atom. The molecule has 0 bridgehead atoms. The van der Waals surface area contributed by atoms with Gasteiger partial charge in [-0.2, -0.15) is 0 Å². The van der Waals surface area contributed by atoms with E-state index in [0.29, 0.717) is 12.1 Å². The number of hydrogen-bond acceptors (Lipinski definition) is 3. The lowest BCUT2D eigenvalue weighted by atomic mass is 10.1. The van der Waals surface area contributed by atoms with Gasteiger partial charge in [0.2, 0.25) is 0 Å². The van der Waals surface area contributed by atoms with Gasteiger partial charge in [-0.05, 0) is 29.8 Å². The Labute approximate surface area is 142 Å². The summed E-state index contributed by atoms with van der Waals surface area (Å²) in [6, 6.07) is 11.5. The molecule has 1 aromatic carbocycles. The second-order valence-electron chi connectivity index (χ2n) is 5.56. The molecule has 1 aromatic heterocycles. The maximum atomic E-state index is 11.4. The maximum Gasteiger partial charge on any atom is 0.337 e. The van der Waals surface area contributed by atoms with Crippen molar-refractivity contribution < 1.29 is 9.53 Å². The van der Waals surface area contributed by atoms with Crippen LogP contribution in [0.25, 0.3) is 0 Å². The smallest absolute Gasteiger partial charge is 0.337 e. The lowest BCUT2D eigenvalue weighted by Gasteiger charge is -2.22. The summed E-state index contributed by atoms with van der Waals surface area (Å²) in [5.74, 6) is 0.487. The molecule has 0 atom stereocenters. The molecule has 128 valence electrons. The van der Waals surface area contributed by atoms with Gasteiger partial charge in [0.15, 0.2) is 5.96 Å². The average molecular weight is 328 g/mol. The number of carbonyl (C=O) groups is 1. The molecule has 0 aliphatic carbocycles. The Hall–Kier alpha value is -2.76. The predicted octanol–water partition coefficient (Wildman–Crippen LogP) is 2.02. The van der Waals surface area contributed by atoms with Crippen LogP contribution in [0.2, 0.25) is 0 Å². The highest BCUT2D eigenvalue weighted by molar-refractivity contribution is 5.89. The molecule has 0 saturated carbocycles. The Kier molecular flexibility index (Phi) is 6.01. The van der Waals surface area contributed by atoms with Crippen molar-refractivity contribution in [1.82, 2.24) is 14.8 Å². The standard InChI is InChI=1S/C18H24N4O2/c1-19-18(22(3)13-16-6-5-11-21(16)2)20-12-14-7-9-15(10-8-14)17(23)24-4/h5-11H,12-13H2,1-4H3,(H,19,20). The van der Waals surface area contributed by atoms with Crippen LogP contribution in [-0.2, 0) is 24.9 Å². The van der Waals surface area contributed by atoms with E-state index in [4.69, 9.17) is 4.74 Å². The molecule has 2 rings (SSSR count). The summed E-state index contributed by atoms with van der Waals surface area (Å²) in [7, 11) is 7.18. The molecule has 6 nitrogen and oxygen atoms in total. The molecule has 6 heteroatoms. The third-order valence-electron chi connectivity index (χ3n) is 3.85. The number of guanidine groups is 1. The molecule has 0 spiro atoms. The van der Waals surface area contributed by atoms with Crippen LogP contribution in [0.4, 0.5) is 0 Å². The number of nitrogens with one attached hydrogen (secondary N) is 1. The average Bonchev–Trinajstić information content (AvgIpc) is 3.00. The molecule has 0 fully saturated rings. The fourth-order valence-corrected chi connectivity index (χ4v) is 2.42. The molecule has 2 aromatic rings. The van der Waals surface area contributed by atoms with E-state index in [1.54, 1.807) is 19.2 Å². The molecule has 0 amide bonds. The van der Waals surface area contributed by atoms with E-state index in [2.05, 4.69) is 25.8 Å². The van der Waals surface area contributed by atoms with Crippen LogP contribution in [0.1, 0.15) is 21.6 Å². The first-order valence-corrected chi connectivity index (χ1v) is 7.74. The van der Waals surface area contributed by atoms with Crippen molar-refractivity contribution in [3.63, 3.8) is 0 Å². The number of esters is 1. The Balaban J connectivity index is 1.93. The zero-order valence-electron chi connectivity index (χ0n) is 14.6. The number of carbonyl (C=O) groups excluding carboxylic acids is 1. The van der Waals surface area contributed by atoms with Gasteiger partial charge in [0, 0.05) is 39.6 Å². The lowest BCUT2D eigenvalue weighted by molar-refractivity contribution is 0.0600. The minimum atomic E-state index is -0.326. The molecule has 0 unspecified atom stereocenters. The first kappa shape index (κ1) is 17.6. The molecule has 24 heavy (non-hydrogen) atoms. The lowest BCUT2D eigenvalue weighted by Crippen LogP contribution is -2.38. The van der Waals surface area contributed by atoms with Gasteiger partial charge in [0.1, 0.15) is 0 Å². The molecular formula is C18H24N4O2. The number of methoxy groups -OCH3 is 1. The largest absolute Gasteiger partial charge is 0.465 e. The highest BCUT2D eigenvalue weighted by Gasteiger charge is 2.09. The summed E-state index contributed by atoms with van der Waals surface area (Å²) < 4.78 is 6.79. The summed E-state index contributed by atoms with van der Waals surface area (Å²) >= 11 is 0. The van der Waals surface area contributed by atoms with Crippen LogP contribution < -0.4 is 5.32 Å². The van der Waals surface area contributed by atoms with E-state index in [9.17, 15) is 4.79 Å². The van der Waals surface area contributed by atoms with E-state index in [1.165, 1.54) is 12.8 Å². The third-order valence-corrected chi connectivity index (χ3v) is 3.85. The van der Waals surface area contributed by atoms with Gasteiger partial charge in [-0.25, -0.2) is 4.79 Å². The van der Waals surface area contributed by atoms with Crippen molar-refractivity contribution in [2.45, 2.75) is 13.1 Å². The summed E-state index contributed by atoms with van der Waals surface area (Å²) in [4.78, 5) is 17.8. The third kappa shape index (κ3) is 4.38. The topological polar surface area (TPSA) is 58.9 Å². The van der Waals surface area contributed by atoms with Gasteiger partial charge in [0.25, 0.3) is 0 Å².